The number of alkyl halides is 2. The molecule has 0 saturated heterocycles. The summed E-state index contributed by atoms with van der Waals surface area (Å²) in [5, 5.41) is 5.47. The predicted molar refractivity (Wildman–Crippen MR) is 109 cm³/mol. The van der Waals surface area contributed by atoms with Crippen LogP contribution in [0.1, 0.15) is 22.5 Å². The summed E-state index contributed by atoms with van der Waals surface area (Å²) in [7, 11) is 1.36. The minimum Gasteiger partial charge on any atom is -0.493 e. The van der Waals surface area contributed by atoms with E-state index in [0.717, 1.165) is 5.56 Å². The second-order valence-corrected chi connectivity index (χ2v) is 7.18. The van der Waals surface area contributed by atoms with Crippen LogP contribution in [-0.2, 0) is 11.2 Å². The molecular formula is C20H24F2N2O5S. The zero-order valence-corrected chi connectivity index (χ0v) is 17.5. The number of furan rings is 1. The molecule has 7 nitrogen and oxygen atoms in total. The third kappa shape index (κ3) is 7.25. The third-order valence-electron chi connectivity index (χ3n) is 4.13. The highest BCUT2D eigenvalue weighted by atomic mass is 32.2. The van der Waals surface area contributed by atoms with Crippen LogP contribution in [0, 0.1) is 0 Å². The van der Waals surface area contributed by atoms with Crippen LogP contribution in [0.2, 0.25) is 0 Å². The van der Waals surface area contributed by atoms with Gasteiger partial charge in [0.25, 0.3) is 5.91 Å². The Morgan fingerprint density at radius 1 is 1.23 bits per heavy atom. The molecule has 1 aromatic heterocycles. The van der Waals surface area contributed by atoms with Gasteiger partial charge in [-0.3, -0.25) is 9.59 Å². The Hall–Kier alpha value is -2.75. The number of carbonyl (C=O) groups excluding carboxylic acids is 2. The van der Waals surface area contributed by atoms with E-state index >= 15 is 0 Å². The van der Waals surface area contributed by atoms with E-state index in [2.05, 4.69) is 15.4 Å². The molecule has 0 aliphatic heterocycles. The summed E-state index contributed by atoms with van der Waals surface area (Å²) in [6.45, 7) is -2.65. The second kappa shape index (κ2) is 12.1. The summed E-state index contributed by atoms with van der Waals surface area (Å²) in [5.74, 6) is 0.185. The Balaban J connectivity index is 1.92. The van der Waals surface area contributed by atoms with E-state index < -0.39 is 18.6 Å². The van der Waals surface area contributed by atoms with E-state index in [9.17, 15) is 18.4 Å². The maximum Gasteiger partial charge on any atom is 0.387 e. The van der Waals surface area contributed by atoms with Crippen molar-refractivity contribution in [3.05, 3.63) is 47.9 Å². The molecule has 164 valence electrons. The third-order valence-corrected chi connectivity index (χ3v) is 4.78. The number of hydrogen-bond donors (Lipinski definition) is 2. The lowest BCUT2D eigenvalue weighted by Gasteiger charge is -2.18. The smallest absolute Gasteiger partial charge is 0.387 e. The van der Waals surface area contributed by atoms with Crippen LogP contribution >= 0.6 is 11.8 Å². The Morgan fingerprint density at radius 3 is 2.67 bits per heavy atom. The molecule has 0 bridgehead atoms. The normalized spacial score (nSPS) is 11.8. The summed E-state index contributed by atoms with van der Waals surface area (Å²) in [5.41, 5.74) is 0.772. The molecule has 0 aliphatic carbocycles. The van der Waals surface area contributed by atoms with Gasteiger partial charge in [-0.05, 0) is 54.7 Å². The highest BCUT2D eigenvalue weighted by molar-refractivity contribution is 7.98. The van der Waals surface area contributed by atoms with Crippen LogP contribution in [0.5, 0.6) is 11.5 Å². The van der Waals surface area contributed by atoms with Crippen molar-refractivity contribution in [3.63, 3.8) is 0 Å². The van der Waals surface area contributed by atoms with Crippen molar-refractivity contribution in [2.75, 3.05) is 25.7 Å². The number of benzene rings is 1. The van der Waals surface area contributed by atoms with Gasteiger partial charge in [-0.2, -0.15) is 20.5 Å². The van der Waals surface area contributed by atoms with E-state index in [4.69, 9.17) is 9.15 Å². The van der Waals surface area contributed by atoms with E-state index in [1.807, 2.05) is 6.26 Å². The SMILES string of the molecule is COc1cc(CCNC(=O)C(CCSC)NC(=O)c2ccco2)ccc1OC(F)F. The van der Waals surface area contributed by atoms with Crippen LogP contribution in [0.15, 0.2) is 41.0 Å². The standard InChI is InChI=1S/C20H24F2N2O5S/c1-27-17-12-13(5-6-15(17)29-20(21)22)7-9-23-18(25)14(8-11-30-2)24-19(26)16-4-3-10-28-16/h3-6,10,12,14,20H,7-9,11H2,1-2H3,(H,23,25)(H,24,26). The summed E-state index contributed by atoms with van der Waals surface area (Å²) in [4.78, 5) is 24.7. The first-order chi connectivity index (χ1) is 14.4. The lowest BCUT2D eigenvalue weighted by Crippen LogP contribution is -2.47. The number of ether oxygens (including phenoxy) is 2. The molecule has 2 aromatic rings. The summed E-state index contributed by atoms with van der Waals surface area (Å²) in [6, 6.07) is 7.01. The molecule has 0 aliphatic rings. The van der Waals surface area contributed by atoms with Gasteiger partial charge >= 0.3 is 6.61 Å². The molecule has 0 radical (unpaired) electrons. The van der Waals surface area contributed by atoms with E-state index in [1.54, 1.807) is 30.0 Å². The van der Waals surface area contributed by atoms with Gasteiger partial charge in [0, 0.05) is 6.54 Å². The first-order valence-electron chi connectivity index (χ1n) is 9.17. The lowest BCUT2D eigenvalue weighted by atomic mass is 10.1. The summed E-state index contributed by atoms with van der Waals surface area (Å²) < 4.78 is 39.3. The maximum absolute atomic E-state index is 12.5. The number of rotatable bonds is 12. The molecule has 10 heteroatoms. The van der Waals surface area contributed by atoms with Crippen molar-refractivity contribution < 1.29 is 32.3 Å². The minimum atomic E-state index is -2.95. The van der Waals surface area contributed by atoms with Gasteiger partial charge in [0.15, 0.2) is 17.3 Å². The van der Waals surface area contributed by atoms with Gasteiger partial charge in [-0.25, -0.2) is 0 Å². The number of hydrogen-bond acceptors (Lipinski definition) is 6. The Morgan fingerprint density at radius 2 is 2.03 bits per heavy atom. The molecule has 30 heavy (non-hydrogen) atoms. The van der Waals surface area contributed by atoms with Gasteiger partial charge in [0.1, 0.15) is 6.04 Å². The van der Waals surface area contributed by atoms with Crippen molar-refractivity contribution in [2.24, 2.45) is 0 Å². The summed E-state index contributed by atoms with van der Waals surface area (Å²) >= 11 is 1.57. The maximum atomic E-state index is 12.5. The molecule has 1 heterocycles. The molecule has 1 atom stereocenters. The van der Waals surface area contributed by atoms with Crippen LogP contribution in [-0.4, -0.2) is 50.1 Å². The minimum absolute atomic E-state index is 0.0574. The van der Waals surface area contributed by atoms with Crippen molar-refractivity contribution in [1.82, 2.24) is 10.6 Å². The van der Waals surface area contributed by atoms with Crippen molar-refractivity contribution in [1.29, 1.82) is 0 Å². The molecule has 2 rings (SSSR count). The number of methoxy groups -OCH3 is 1. The van der Waals surface area contributed by atoms with Crippen LogP contribution < -0.4 is 20.1 Å². The van der Waals surface area contributed by atoms with Crippen LogP contribution in [0.25, 0.3) is 0 Å². The quantitative estimate of drug-likeness (QED) is 0.525. The molecule has 1 aromatic carbocycles. The van der Waals surface area contributed by atoms with Gasteiger partial charge in [0.2, 0.25) is 5.91 Å². The fourth-order valence-electron chi connectivity index (χ4n) is 2.66. The number of amides is 2. The number of halogens is 2. The highest BCUT2D eigenvalue weighted by Crippen LogP contribution is 2.29. The van der Waals surface area contributed by atoms with E-state index in [0.29, 0.717) is 25.1 Å². The molecule has 2 amide bonds. The van der Waals surface area contributed by atoms with E-state index in [-0.39, 0.29) is 23.2 Å². The zero-order valence-electron chi connectivity index (χ0n) is 16.7. The first-order valence-corrected chi connectivity index (χ1v) is 10.6. The number of nitrogens with one attached hydrogen (secondary N) is 2. The van der Waals surface area contributed by atoms with Crippen molar-refractivity contribution in [2.45, 2.75) is 25.5 Å². The molecule has 0 spiro atoms. The second-order valence-electron chi connectivity index (χ2n) is 6.19. The molecule has 0 saturated carbocycles. The van der Waals surface area contributed by atoms with Gasteiger partial charge in [-0.1, -0.05) is 6.07 Å². The topological polar surface area (TPSA) is 89.8 Å². The highest BCUT2D eigenvalue weighted by Gasteiger charge is 2.22. The average molecular weight is 442 g/mol. The van der Waals surface area contributed by atoms with Gasteiger partial charge in [-0.15, -0.1) is 0 Å². The zero-order chi connectivity index (χ0) is 21.9. The molecule has 0 fully saturated rings. The molecular weight excluding hydrogens is 418 g/mol. The van der Waals surface area contributed by atoms with Gasteiger partial charge < -0.3 is 24.5 Å². The molecule has 2 N–H and O–H groups in total. The fraction of sp³-hybridized carbons (Fsp3) is 0.400. The largest absolute Gasteiger partial charge is 0.493 e. The Kier molecular flexibility index (Phi) is 9.46. The Bertz CT molecular complexity index is 818. The Labute approximate surface area is 177 Å². The average Bonchev–Trinajstić information content (AvgIpc) is 3.26. The first kappa shape index (κ1) is 23.5. The van der Waals surface area contributed by atoms with Crippen LogP contribution in [0.4, 0.5) is 8.78 Å². The lowest BCUT2D eigenvalue weighted by molar-refractivity contribution is -0.123. The van der Waals surface area contributed by atoms with Crippen molar-refractivity contribution >= 4 is 23.6 Å². The van der Waals surface area contributed by atoms with Gasteiger partial charge in [0.05, 0.1) is 13.4 Å². The fourth-order valence-corrected chi connectivity index (χ4v) is 3.13. The van der Waals surface area contributed by atoms with Crippen LogP contribution in [0.3, 0.4) is 0 Å². The number of carbonyl (C=O) groups is 2. The van der Waals surface area contributed by atoms with Crippen molar-refractivity contribution in [3.8, 4) is 11.5 Å². The number of thioether (sulfide) groups is 1. The van der Waals surface area contributed by atoms with E-state index in [1.165, 1.54) is 25.5 Å². The molecule has 1 unspecified atom stereocenters. The summed E-state index contributed by atoms with van der Waals surface area (Å²) in [6.07, 6.45) is 4.21. The predicted octanol–water partition coefficient (Wildman–Crippen LogP) is 3.10. The monoisotopic (exact) mass is 442 g/mol.